The fourth-order valence-corrected chi connectivity index (χ4v) is 6.96. The van der Waals surface area contributed by atoms with Gasteiger partial charge in [-0.3, -0.25) is 13.9 Å². The van der Waals surface area contributed by atoms with Gasteiger partial charge in [-0.25, -0.2) is 8.42 Å². The summed E-state index contributed by atoms with van der Waals surface area (Å²) in [5.41, 5.74) is 3.13. The first kappa shape index (κ1) is 32.1. The molecule has 1 fully saturated rings. The summed E-state index contributed by atoms with van der Waals surface area (Å²) in [6.45, 7) is 5.44. The first-order chi connectivity index (χ1) is 20.6. The topological polar surface area (TPSA) is 96.0 Å². The van der Waals surface area contributed by atoms with Crippen LogP contribution in [0.4, 0.5) is 5.69 Å². The van der Waals surface area contributed by atoms with Gasteiger partial charge >= 0.3 is 0 Å². The van der Waals surface area contributed by atoms with Gasteiger partial charge in [-0.1, -0.05) is 68.1 Å². The van der Waals surface area contributed by atoms with Crippen molar-refractivity contribution in [3.8, 4) is 5.75 Å². The van der Waals surface area contributed by atoms with Gasteiger partial charge < -0.3 is 15.0 Å². The number of carbonyl (C=O) groups excluding carboxylic acids is 2. The molecular weight excluding hydrogens is 562 g/mol. The molecule has 3 aromatic rings. The Morgan fingerprint density at radius 1 is 0.930 bits per heavy atom. The SMILES string of the molecule is CC[C@@H](C(=O)NC1CCCCC1)N(Cc1ccccc1C)C(=O)CN(c1ccc(OC)cc1)S(=O)(=O)c1ccc(C)cc1. The smallest absolute Gasteiger partial charge is 0.264 e. The van der Waals surface area contributed by atoms with Crippen molar-refractivity contribution in [2.75, 3.05) is 18.0 Å². The predicted molar refractivity (Wildman–Crippen MR) is 170 cm³/mol. The largest absolute Gasteiger partial charge is 0.497 e. The summed E-state index contributed by atoms with van der Waals surface area (Å²) in [7, 11) is -2.60. The third-order valence-electron chi connectivity index (χ3n) is 8.19. The van der Waals surface area contributed by atoms with E-state index in [9.17, 15) is 18.0 Å². The molecule has 8 nitrogen and oxygen atoms in total. The molecule has 1 atom stereocenters. The number of aryl methyl sites for hydroxylation is 2. The van der Waals surface area contributed by atoms with E-state index in [1.807, 2.05) is 45.0 Å². The molecule has 1 aliphatic carbocycles. The van der Waals surface area contributed by atoms with Gasteiger partial charge in [0.25, 0.3) is 10.0 Å². The molecule has 0 aliphatic heterocycles. The second kappa shape index (κ2) is 14.6. The maximum absolute atomic E-state index is 14.3. The second-order valence-electron chi connectivity index (χ2n) is 11.2. The fourth-order valence-electron chi connectivity index (χ4n) is 5.55. The van der Waals surface area contributed by atoms with Crippen LogP contribution in [0.2, 0.25) is 0 Å². The summed E-state index contributed by atoms with van der Waals surface area (Å²) in [6, 6.07) is 20.2. The number of rotatable bonds is 12. The highest BCUT2D eigenvalue weighted by atomic mass is 32.2. The van der Waals surface area contributed by atoms with Gasteiger partial charge in [-0.2, -0.15) is 0 Å². The molecule has 0 aromatic heterocycles. The van der Waals surface area contributed by atoms with Gasteiger partial charge in [0.2, 0.25) is 11.8 Å². The van der Waals surface area contributed by atoms with Crippen molar-refractivity contribution in [1.29, 1.82) is 0 Å². The van der Waals surface area contributed by atoms with Crippen LogP contribution in [0.5, 0.6) is 5.75 Å². The van der Waals surface area contributed by atoms with Crippen LogP contribution >= 0.6 is 0 Å². The number of ether oxygens (including phenoxy) is 1. The Labute approximate surface area is 256 Å². The van der Waals surface area contributed by atoms with Crippen molar-refractivity contribution in [3.05, 3.63) is 89.5 Å². The lowest BCUT2D eigenvalue weighted by atomic mass is 9.95. The van der Waals surface area contributed by atoms with Crippen LogP contribution in [0.25, 0.3) is 0 Å². The summed E-state index contributed by atoms with van der Waals surface area (Å²) in [6.07, 6.45) is 5.55. The number of nitrogens with one attached hydrogen (secondary N) is 1. The number of nitrogens with zero attached hydrogens (tertiary/aromatic N) is 2. The van der Waals surface area contributed by atoms with Gasteiger partial charge in [0.05, 0.1) is 17.7 Å². The van der Waals surface area contributed by atoms with Crippen molar-refractivity contribution in [3.63, 3.8) is 0 Å². The van der Waals surface area contributed by atoms with Crippen LogP contribution in [0.3, 0.4) is 0 Å². The zero-order chi connectivity index (χ0) is 31.0. The minimum absolute atomic E-state index is 0.0780. The zero-order valence-corrected chi connectivity index (χ0v) is 26.4. The van der Waals surface area contributed by atoms with E-state index < -0.39 is 28.5 Å². The molecule has 3 aromatic carbocycles. The molecule has 43 heavy (non-hydrogen) atoms. The van der Waals surface area contributed by atoms with Crippen LogP contribution in [0.1, 0.15) is 62.1 Å². The first-order valence-electron chi connectivity index (χ1n) is 15.0. The Kier molecular flexibility index (Phi) is 10.9. The van der Waals surface area contributed by atoms with Gasteiger partial charge in [-0.15, -0.1) is 0 Å². The number of hydrogen-bond acceptors (Lipinski definition) is 5. The Balaban J connectivity index is 1.71. The monoisotopic (exact) mass is 605 g/mol. The van der Waals surface area contributed by atoms with Gasteiger partial charge in [0.1, 0.15) is 18.3 Å². The van der Waals surface area contributed by atoms with Crippen LogP contribution in [-0.2, 0) is 26.2 Å². The quantitative estimate of drug-likeness (QED) is 0.283. The van der Waals surface area contributed by atoms with Crippen LogP contribution in [0, 0.1) is 13.8 Å². The number of carbonyl (C=O) groups is 2. The molecule has 0 radical (unpaired) electrons. The Hall–Kier alpha value is -3.85. The maximum Gasteiger partial charge on any atom is 0.264 e. The van der Waals surface area contributed by atoms with Crippen molar-refractivity contribution < 1.29 is 22.7 Å². The van der Waals surface area contributed by atoms with Gasteiger partial charge in [0.15, 0.2) is 0 Å². The molecule has 1 saturated carbocycles. The normalized spacial score (nSPS) is 14.5. The van der Waals surface area contributed by atoms with E-state index in [0.29, 0.717) is 17.9 Å². The molecule has 0 unspecified atom stereocenters. The van der Waals surface area contributed by atoms with Crippen molar-refractivity contribution in [2.45, 2.75) is 82.8 Å². The summed E-state index contributed by atoms with van der Waals surface area (Å²) in [5, 5.41) is 3.19. The molecular formula is C34H43N3O5S. The van der Waals surface area contributed by atoms with Crippen LogP contribution in [0.15, 0.2) is 77.7 Å². The highest BCUT2D eigenvalue weighted by Crippen LogP contribution is 2.27. The molecule has 0 bridgehead atoms. The third-order valence-corrected chi connectivity index (χ3v) is 9.98. The average molecular weight is 606 g/mol. The number of anilines is 1. The summed E-state index contributed by atoms with van der Waals surface area (Å²) >= 11 is 0. The Bertz CT molecular complexity index is 1480. The lowest BCUT2D eigenvalue weighted by molar-refractivity contribution is -0.140. The second-order valence-corrected chi connectivity index (χ2v) is 13.1. The maximum atomic E-state index is 14.3. The summed E-state index contributed by atoms with van der Waals surface area (Å²) in [5.74, 6) is -0.0940. The highest BCUT2D eigenvalue weighted by Gasteiger charge is 2.34. The van der Waals surface area contributed by atoms with Gasteiger partial charge in [-0.05, 0) is 80.6 Å². The number of benzene rings is 3. The number of hydrogen-bond donors (Lipinski definition) is 1. The van der Waals surface area contributed by atoms with E-state index >= 15 is 0 Å². The fraction of sp³-hybridized carbons (Fsp3) is 0.412. The summed E-state index contributed by atoms with van der Waals surface area (Å²) < 4.78 is 34.5. The van der Waals surface area contributed by atoms with Crippen molar-refractivity contribution >= 4 is 27.5 Å². The van der Waals surface area contributed by atoms with Crippen molar-refractivity contribution in [1.82, 2.24) is 10.2 Å². The molecule has 2 amide bonds. The molecule has 0 heterocycles. The van der Waals surface area contributed by atoms with E-state index in [4.69, 9.17) is 4.74 Å². The Morgan fingerprint density at radius 2 is 1.58 bits per heavy atom. The zero-order valence-electron chi connectivity index (χ0n) is 25.6. The van der Waals surface area contributed by atoms with E-state index in [1.165, 1.54) is 7.11 Å². The van der Waals surface area contributed by atoms with E-state index in [1.54, 1.807) is 53.4 Å². The summed E-state index contributed by atoms with van der Waals surface area (Å²) in [4.78, 5) is 29.6. The average Bonchev–Trinajstić information content (AvgIpc) is 3.01. The number of methoxy groups -OCH3 is 1. The molecule has 0 spiro atoms. The molecule has 1 N–H and O–H groups in total. The standard InChI is InChI=1S/C34H43N3O5S/c1-5-32(34(39)35-28-13-7-6-8-14-28)36(23-27-12-10-9-11-26(27)3)33(38)24-37(29-17-19-30(42-4)20-18-29)43(40,41)31-21-15-25(2)16-22-31/h9-12,15-22,28,32H,5-8,13-14,23-24H2,1-4H3,(H,35,39)/t32-/m0/s1. The first-order valence-corrected chi connectivity index (χ1v) is 16.5. The molecule has 230 valence electrons. The minimum Gasteiger partial charge on any atom is -0.497 e. The number of sulfonamides is 1. The highest BCUT2D eigenvalue weighted by molar-refractivity contribution is 7.92. The minimum atomic E-state index is -4.13. The lowest BCUT2D eigenvalue weighted by Crippen LogP contribution is -2.54. The van der Waals surface area contributed by atoms with E-state index in [-0.39, 0.29) is 23.4 Å². The molecule has 4 rings (SSSR count). The van der Waals surface area contributed by atoms with Crippen molar-refractivity contribution in [2.24, 2.45) is 0 Å². The van der Waals surface area contributed by atoms with Gasteiger partial charge in [0, 0.05) is 12.6 Å². The Morgan fingerprint density at radius 3 is 2.19 bits per heavy atom. The molecule has 1 aliphatic rings. The van der Waals surface area contributed by atoms with E-state index in [0.717, 1.165) is 53.1 Å². The third kappa shape index (κ3) is 7.96. The molecule has 0 saturated heterocycles. The van der Waals surface area contributed by atoms with E-state index in [2.05, 4.69) is 5.32 Å². The van der Waals surface area contributed by atoms with Crippen LogP contribution in [-0.4, -0.2) is 50.9 Å². The molecule has 9 heteroatoms. The lowest BCUT2D eigenvalue weighted by Gasteiger charge is -2.34. The predicted octanol–water partition coefficient (Wildman–Crippen LogP) is 5.76. The number of amides is 2. The van der Waals surface area contributed by atoms with Crippen LogP contribution < -0.4 is 14.4 Å².